The lowest BCUT2D eigenvalue weighted by atomic mass is 9.81. The Kier molecular flexibility index (Phi) is 4.19. The standard InChI is InChI=1S/C15H15Br2N3/c16-10-7-12(17)15(20-8-10)13(18)11-5-1-3-9-4-2-6-19-14(9)11/h2,4,6-8,11,13H,1,3,5,18H2. The monoisotopic (exact) mass is 395 g/mol. The fraction of sp³-hybridized carbons (Fsp3) is 0.333. The first-order valence-corrected chi connectivity index (χ1v) is 8.25. The van der Waals surface area contributed by atoms with Gasteiger partial charge in [-0.2, -0.15) is 0 Å². The molecule has 0 saturated carbocycles. The fourth-order valence-electron chi connectivity index (χ4n) is 2.86. The van der Waals surface area contributed by atoms with Crippen LogP contribution in [0.15, 0.2) is 39.5 Å². The molecule has 2 heterocycles. The number of hydrogen-bond acceptors (Lipinski definition) is 3. The zero-order valence-electron chi connectivity index (χ0n) is 10.9. The van der Waals surface area contributed by atoms with Crippen LogP contribution in [0, 0.1) is 0 Å². The Hall–Kier alpha value is -0.780. The number of nitrogens with two attached hydrogens (primary N) is 1. The summed E-state index contributed by atoms with van der Waals surface area (Å²) in [5.41, 5.74) is 9.86. The first-order chi connectivity index (χ1) is 9.66. The number of rotatable bonds is 2. The molecule has 1 aliphatic rings. The third kappa shape index (κ3) is 2.67. The first kappa shape index (κ1) is 14.2. The summed E-state index contributed by atoms with van der Waals surface area (Å²) >= 11 is 6.98. The summed E-state index contributed by atoms with van der Waals surface area (Å²) in [4.78, 5) is 9.04. The molecule has 5 heteroatoms. The number of fused-ring (bicyclic) bond motifs is 1. The highest BCUT2D eigenvalue weighted by atomic mass is 79.9. The van der Waals surface area contributed by atoms with E-state index in [9.17, 15) is 0 Å². The van der Waals surface area contributed by atoms with Crippen molar-refractivity contribution >= 4 is 31.9 Å². The largest absolute Gasteiger partial charge is 0.322 e. The molecule has 0 amide bonds. The van der Waals surface area contributed by atoms with Crippen LogP contribution in [-0.4, -0.2) is 9.97 Å². The van der Waals surface area contributed by atoms with E-state index in [0.717, 1.165) is 39.6 Å². The van der Waals surface area contributed by atoms with Crippen molar-refractivity contribution in [2.45, 2.75) is 31.2 Å². The maximum atomic E-state index is 6.49. The second-order valence-corrected chi connectivity index (χ2v) is 6.86. The molecule has 0 aromatic carbocycles. The first-order valence-electron chi connectivity index (χ1n) is 6.67. The van der Waals surface area contributed by atoms with Crippen LogP contribution in [0.2, 0.25) is 0 Å². The maximum absolute atomic E-state index is 6.49. The van der Waals surface area contributed by atoms with Gasteiger partial charge in [-0.1, -0.05) is 6.07 Å². The number of aromatic nitrogens is 2. The van der Waals surface area contributed by atoms with Gasteiger partial charge in [-0.25, -0.2) is 0 Å². The smallest absolute Gasteiger partial charge is 0.0720 e. The molecule has 20 heavy (non-hydrogen) atoms. The van der Waals surface area contributed by atoms with Crippen LogP contribution in [0.3, 0.4) is 0 Å². The predicted octanol–water partition coefficient (Wildman–Crippen LogP) is 4.12. The van der Waals surface area contributed by atoms with Gasteiger partial charge in [0.1, 0.15) is 0 Å². The van der Waals surface area contributed by atoms with Crippen molar-refractivity contribution in [3.8, 4) is 0 Å². The van der Waals surface area contributed by atoms with Crippen LogP contribution in [0.4, 0.5) is 0 Å². The van der Waals surface area contributed by atoms with Crippen molar-refractivity contribution in [1.82, 2.24) is 9.97 Å². The topological polar surface area (TPSA) is 51.8 Å². The van der Waals surface area contributed by atoms with Crippen molar-refractivity contribution in [2.75, 3.05) is 0 Å². The van der Waals surface area contributed by atoms with Gasteiger partial charge in [-0.3, -0.25) is 9.97 Å². The molecule has 2 atom stereocenters. The van der Waals surface area contributed by atoms with Gasteiger partial charge in [-0.05, 0) is 68.8 Å². The van der Waals surface area contributed by atoms with E-state index in [4.69, 9.17) is 5.73 Å². The average Bonchev–Trinajstić information content (AvgIpc) is 2.46. The van der Waals surface area contributed by atoms with Crippen molar-refractivity contribution in [3.05, 3.63) is 56.5 Å². The molecule has 3 nitrogen and oxygen atoms in total. The SMILES string of the molecule is NC(c1ncc(Br)cc1Br)C1CCCc2cccnc21. The molecule has 2 unspecified atom stereocenters. The van der Waals surface area contributed by atoms with E-state index in [2.05, 4.69) is 47.9 Å². The third-order valence-corrected chi connectivity index (χ3v) is 4.89. The number of halogens is 2. The second-order valence-electron chi connectivity index (χ2n) is 5.09. The zero-order valence-corrected chi connectivity index (χ0v) is 14.1. The molecule has 2 aromatic heterocycles. The summed E-state index contributed by atoms with van der Waals surface area (Å²) in [6.07, 6.45) is 6.97. The van der Waals surface area contributed by atoms with Crippen LogP contribution in [0.1, 0.15) is 41.8 Å². The van der Waals surface area contributed by atoms with Gasteiger partial charge in [0.15, 0.2) is 0 Å². The van der Waals surface area contributed by atoms with E-state index < -0.39 is 0 Å². The van der Waals surface area contributed by atoms with Crippen LogP contribution in [0.25, 0.3) is 0 Å². The predicted molar refractivity (Wildman–Crippen MR) is 86.5 cm³/mol. The van der Waals surface area contributed by atoms with Gasteiger partial charge >= 0.3 is 0 Å². The van der Waals surface area contributed by atoms with Crippen LogP contribution in [0.5, 0.6) is 0 Å². The molecule has 0 bridgehead atoms. The van der Waals surface area contributed by atoms with Gasteiger partial charge in [-0.15, -0.1) is 0 Å². The summed E-state index contributed by atoms with van der Waals surface area (Å²) in [5.74, 6) is 0.241. The lowest BCUT2D eigenvalue weighted by molar-refractivity contribution is 0.455. The zero-order chi connectivity index (χ0) is 14.1. The van der Waals surface area contributed by atoms with Gasteiger partial charge in [0.2, 0.25) is 0 Å². The van der Waals surface area contributed by atoms with Crippen molar-refractivity contribution < 1.29 is 0 Å². The quantitative estimate of drug-likeness (QED) is 0.830. The number of hydrogen-bond donors (Lipinski definition) is 1. The van der Waals surface area contributed by atoms with Gasteiger partial charge < -0.3 is 5.73 Å². The number of pyridine rings is 2. The minimum absolute atomic E-state index is 0.133. The lowest BCUT2D eigenvalue weighted by Gasteiger charge is -2.29. The Labute approximate surface area is 135 Å². The number of nitrogens with zero attached hydrogens (tertiary/aromatic N) is 2. The summed E-state index contributed by atoms with van der Waals surface area (Å²) < 4.78 is 1.89. The van der Waals surface area contributed by atoms with Crippen molar-refractivity contribution in [1.29, 1.82) is 0 Å². The van der Waals surface area contributed by atoms with Crippen molar-refractivity contribution in [2.24, 2.45) is 5.73 Å². The van der Waals surface area contributed by atoms with Gasteiger partial charge in [0.25, 0.3) is 0 Å². The highest BCUT2D eigenvalue weighted by Crippen LogP contribution is 2.39. The summed E-state index contributed by atoms with van der Waals surface area (Å²) in [6.45, 7) is 0. The van der Waals surface area contributed by atoms with Gasteiger partial charge in [0, 0.05) is 33.0 Å². The Balaban J connectivity index is 1.97. The number of aryl methyl sites for hydroxylation is 1. The second kappa shape index (κ2) is 5.92. The minimum atomic E-state index is -0.133. The molecule has 0 aliphatic heterocycles. The summed E-state index contributed by atoms with van der Waals surface area (Å²) in [5, 5.41) is 0. The Morgan fingerprint density at radius 3 is 2.95 bits per heavy atom. The molecule has 1 aliphatic carbocycles. The summed E-state index contributed by atoms with van der Waals surface area (Å²) in [7, 11) is 0. The van der Waals surface area contributed by atoms with Crippen molar-refractivity contribution in [3.63, 3.8) is 0 Å². The van der Waals surface area contributed by atoms with E-state index in [1.165, 1.54) is 5.56 Å². The molecular formula is C15H15Br2N3. The van der Waals surface area contributed by atoms with E-state index in [0.29, 0.717) is 0 Å². The molecule has 0 radical (unpaired) electrons. The minimum Gasteiger partial charge on any atom is -0.322 e. The molecule has 2 aromatic rings. The normalized spacial score (nSPS) is 19.4. The van der Waals surface area contributed by atoms with E-state index in [-0.39, 0.29) is 12.0 Å². The van der Waals surface area contributed by atoms with Crippen LogP contribution >= 0.6 is 31.9 Å². The molecule has 3 rings (SSSR count). The molecule has 2 N–H and O–H groups in total. The van der Waals surface area contributed by atoms with Gasteiger partial charge in [0.05, 0.1) is 11.7 Å². The fourth-order valence-corrected chi connectivity index (χ4v) is 4.11. The van der Waals surface area contributed by atoms with Crippen LogP contribution < -0.4 is 5.73 Å². The average molecular weight is 397 g/mol. The van der Waals surface area contributed by atoms with Crippen LogP contribution in [-0.2, 0) is 6.42 Å². The molecular weight excluding hydrogens is 382 g/mol. The highest BCUT2D eigenvalue weighted by Gasteiger charge is 2.29. The molecule has 0 saturated heterocycles. The Morgan fingerprint density at radius 2 is 2.15 bits per heavy atom. The highest BCUT2D eigenvalue weighted by molar-refractivity contribution is 9.11. The molecule has 0 spiro atoms. The van der Waals surface area contributed by atoms with E-state index in [1.807, 2.05) is 18.3 Å². The maximum Gasteiger partial charge on any atom is 0.0720 e. The molecule has 0 fully saturated rings. The third-order valence-electron chi connectivity index (χ3n) is 3.82. The van der Waals surface area contributed by atoms with E-state index >= 15 is 0 Å². The summed E-state index contributed by atoms with van der Waals surface area (Å²) in [6, 6.07) is 6.02. The molecule has 104 valence electrons. The Bertz CT molecular complexity index is 630. The lowest BCUT2D eigenvalue weighted by Crippen LogP contribution is -2.25. The Morgan fingerprint density at radius 1 is 1.30 bits per heavy atom. The van der Waals surface area contributed by atoms with E-state index in [1.54, 1.807) is 6.20 Å².